The average Bonchev–Trinajstić information content (AvgIpc) is 2.72. The summed E-state index contributed by atoms with van der Waals surface area (Å²) in [4.78, 5) is 42.1. The average molecular weight is 467 g/mol. The van der Waals surface area contributed by atoms with Gasteiger partial charge in [-0.25, -0.2) is 4.79 Å². The van der Waals surface area contributed by atoms with Crippen LogP contribution in [-0.2, 0) is 9.53 Å². The molecule has 2 atom stereocenters. The van der Waals surface area contributed by atoms with E-state index < -0.39 is 17.7 Å². The zero-order chi connectivity index (χ0) is 24.8. The lowest BCUT2D eigenvalue weighted by Gasteiger charge is -2.24. The molecule has 2 aromatic rings. The fourth-order valence-corrected chi connectivity index (χ4v) is 3.45. The van der Waals surface area contributed by atoms with E-state index in [9.17, 15) is 14.4 Å². The van der Waals surface area contributed by atoms with Gasteiger partial charge in [-0.15, -0.1) is 9.24 Å². The van der Waals surface area contributed by atoms with E-state index in [4.69, 9.17) is 4.74 Å². The first kappa shape index (κ1) is 26.1. The fourth-order valence-electron chi connectivity index (χ4n) is 3.26. The molecule has 0 aromatic heterocycles. The first-order valence-electron chi connectivity index (χ1n) is 10.6. The lowest BCUT2D eigenvalue weighted by molar-refractivity contribution is -0.112. The van der Waals surface area contributed by atoms with Gasteiger partial charge in [0.15, 0.2) is 11.6 Å². The lowest BCUT2D eigenvalue weighted by Crippen LogP contribution is -2.40. The van der Waals surface area contributed by atoms with Crippen LogP contribution in [0.2, 0.25) is 0 Å². The molecule has 0 aliphatic carbocycles. The van der Waals surface area contributed by atoms with E-state index in [0.717, 1.165) is 5.30 Å². The topological polar surface area (TPSA) is 84.8 Å². The van der Waals surface area contributed by atoms with Crippen LogP contribution in [0.5, 0.6) is 0 Å². The van der Waals surface area contributed by atoms with Gasteiger partial charge in [0.25, 0.3) is 0 Å². The predicted molar refractivity (Wildman–Crippen MR) is 136 cm³/mol. The normalized spacial score (nSPS) is 13.3. The Hall–Kier alpha value is -3.11. The summed E-state index contributed by atoms with van der Waals surface area (Å²) >= 11 is 0. The van der Waals surface area contributed by atoms with Gasteiger partial charge in [0.1, 0.15) is 5.60 Å². The number of alkyl carbamates (subject to hydrolysis) is 1. The van der Waals surface area contributed by atoms with Crippen LogP contribution in [-0.4, -0.2) is 42.1 Å². The zero-order valence-corrected chi connectivity index (χ0v) is 21.1. The van der Waals surface area contributed by atoms with Crippen molar-refractivity contribution < 1.29 is 19.1 Å². The molecular weight excluding hydrogens is 435 g/mol. The van der Waals surface area contributed by atoms with Crippen LogP contribution in [0.25, 0.3) is 0 Å². The molecule has 33 heavy (non-hydrogen) atoms. The van der Waals surface area contributed by atoms with Crippen molar-refractivity contribution in [2.45, 2.75) is 46.3 Å². The van der Waals surface area contributed by atoms with Crippen LogP contribution in [0.1, 0.15) is 56.1 Å². The standard InChI is InChI=1S/C26H31N2O4P/c1-16(29)15-22(17(2)28-25(31)32-26(3,4)5)23(27-6)20-9-7-8-10-21(20)24(30)18-11-13-19(33)14-12-18/h7-15,17H,33H2,1-6H3,(H,28,31)/b22-15-,27-23?. The Kier molecular flexibility index (Phi) is 8.84. The number of benzene rings is 2. The molecule has 0 radical (unpaired) electrons. The van der Waals surface area contributed by atoms with Gasteiger partial charge in [-0.05, 0) is 46.0 Å². The molecule has 6 nitrogen and oxygen atoms in total. The number of carbonyl (C=O) groups is 3. The minimum atomic E-state index is -0.665. The number of nitrogens with one attached hydrogen (secondary N) is 1. The van der Waals surface area contributed by atoms with E-state index in [1.807, 2.05) is 12.1 Å². The van der Waals surface area contributed by atoms with E-state index in [2.05, 4.69) is 19.5 Å². The van der Waals surface area contributed by atoms with E-state index in [1.165, 1.54) is 13.0 Å². The molecule has 0 saturated heterocycles. The van der Waals surface area contributed by atoms with E-state index >= 15 is 0 Å². The Morgan fingerprint density at radius 2 is 1.61 bits per heavy atom. The van der Waals surface area contributed by atoms with Crippen molar-refractivity contribution in [1.82, 2.24) is 5.32 Å². The third-order valence-electron chi connectivity index (χ3n) is 4.66. The second-order valence-electron chi connectivity index (χ2n) is 8.65. The molecule has 0 bridgehead atoms. The second kappa shape index (κ2) is 11.2. The highest BCUT2D eigenvalue weighted by Crippen LogP contribution is 2.21. The van der Waals surface area contributed by atoms with E-state index in [0.29, 0.717) is 28.0 Å². The molecular formula is C26H31N2O4P. The fraction of sp³-hybridized carbons (Fsp3) is 0.308. The summed E-state index contributed by atoms with van der Waals surface area (Å²) < 4.78 is 5.35. The number of aliphatic imine (C=N–C) groups is 1. The maximum atomic E-state index is 13.3. The minimum Gasteiger partial charge on any atom is -0.444 e. The first-order valence-corrected chi connectivity index (χ1v) is 11.2. The van der Waals surface area contributed by atoms with Gasteiger partial charge in [0.2, 0.25) is 0 Å². The molecule has 2 rings (SSSR count). The Morgan fingerprint density at radius 1 is 1.03 bits per heavy atom. The molecule has 0 aliphatic rings. The van der Waals surface area contributed by atoms with Gasteiger partial charge < -0.3 is 10.1 Å². The minimum absolute atomic E-state index is 0.160. The smallest absolute Gasteiger partial charge is 0.408 e. The number of nitrogens with zero attached hydrogens (tertiary/aromatic N) is 1. The Labute approximate surface area is 197 Å². The van der Waals surface area contributed by atoms with Crippen molar-refractivity contribution in [3.63, 3.8) is 0 Å². The van der Waals surface area contributed by atoms with Crippen LogP contribution in [0.15, 0.2) is 65.2 Å². The van der Waals surface area contributed by atoms with Gasteiger partial charge in [0, 0.05) is 29.3 Å². The largest absolute Gasteiger partial charge is 0.444 e. The zero-order valence-electron chi connectivity index (χ0n) is 19.9. The second-order valence-corrected chi connectivity index (χ2v) is 9.31. The van der Waals surface area contributed by atoms with Crippen molar-refractivity contribution in [1.29, 1.82) is 0 Å². The molecule has 2 aromatic carbocycles. The predicted octanol–water partition coefficient (Wildman–Crippen LogP) is 4.27. The highest BCUT2D eigenvalue weighted by atomic mass is 31.0. The SMILES string of the molecule is CN=C(/C(=C\C(C)=O)C(C)NC(=O)OC(C)(C)C)c1ccccc1C(=O)c1ccc(P)cc1. The Balaban J connectivity index is 2.49. The Morgan fingerprint density at radius 3 is 2.12 bits per heavy atom. The van der Waals surface area contributed by atoms with Crippen LogP contribution in [0, 0.1) is 0 Å². The summed E-state index contributed by atoms with van der Waals surface area (Å²) in [5, 5.41) is 3.74. The summed E-state index contributed by atoms with van der Waals surface area (Å²) in [5.74, 6) is -0.365. The number of ketones is 2. The number of amides is 1. The number of hydrogen-bond donors (Lipinski definition) is 1. The monoisotopic (exact) mass is 466 g/mol. The van der Waals surface area contributed by atoms with Gasteiger partial charge in [-0.3, -0.25) is 14.6 Å². The highest BCUT2D eigenvalue weighted by Gasteiger charge is 2.25. The molecule has 1 N–H and O–H groups in total. The van der Waals surface area contributed by atoms with Crippen molar-refractivity contribution >= 4 is 37.9 Å². The molecule has 0 saturated carbocycles. The van der Waals surface area contributed by atoms with Crippen molar-refractivity contribution in [3.05, 3.63) is 76.9 Å². The summed E-state index contributed by atoms with van der Waals surface area (Å²) in [6, 6.07) is 13.7. The third-order valence-corrected chi connectivity index (χ3v) is 5.04. The molecule has 174 valence electrons. The summed E-state index contributed by atoms with van der Waals surface area (Å²) in [6.07, 6.45) is 0.816. The third kappa shape index (κ3) is 7.47. The number of allylic oxidation sites excluding steroid dienone is 1. The lowest BCUT2D eigenvalue weighted by atomic mass is 9.89. The maximum Gasteiger partial charge on any atom is 0.408 e. The molecule has 7 heteroatoms. The molecule has 0 heterocycles. The summed E-state index contributed by atoms with van der Waals surface area (Å²) in [6.45, 7) is 8.48. The first-order chi connectivity index (χ1) is 15.4. The Bertz CT molecular complexity index is 1100. The van der Waals surface area contributed by atoms with Crippen LogP contribution >= 0.6 is 9.24 Å². The van der Waals surface area contributed by atoms with Crippen LogP contribution < -0.4 is 10.6 Å². The quantitative estimate of drug-likeness (QED) is 0.286. The number of carbonyl (C=O) groups excluding carboxylic acids is 3. The summed E-state index contributed by atoms with van der Waals surface area (Å²) in [5.41, 5.74) is 1.83. The van der Waals surface area contributed by atoms with Gasteiger partial charge in [-0.2, -0.15) is 0 Å². The van der Waals surface area contributed by atoms with E-state index in [1.54, 1.807) is 71.1 Å². The van der Waals surface area contributed by atoms with E-state index in [-0.39, 0.29) is 11.6 Å². The van der Waals surface area contributed by atoms with Gasteiger partial charge in [0.05, 0.1) is 11.8 Å². The molecule has 1 amide bonds. The summed E-state index contributed by atoms with van der Waals surface area (Å²) in [7, 11) is 4.18. The maximum absolute atomic E-state index is 13.3. The molecule has 2 unspecified atom stereocenters. The van der Waals surface area contributed by atoms with Crippen LogP contribution in [0.4, 0.5) is 4.79 Å². The molecule has 0 spiro atoms. The van der Waals surface area contributed by atoms with Crippen molar-refractivity contribution in [2.24, 2.45) is 4.99 Å². The van der Waals surface area contributed by atoms with Crippen LogP contribution in [0.3, 0.4) is 0 Å². The van der Waals surface area contributed by atoms with Gasteiger partial charge >= 0.3 is 6.09 Å². The number of rotatable bonds is 7. The number of ether oxygens (including phenoxy) is 1. The highest BCUT2D eigenvalue weighted by molar-refractivity contribution is 7.27. The van der Waals surface area contributed by atoms with Crippen molar-refractivity contribution in [3.8, 4) is 0 Å². The molecule has 0 fully saturated rings. The van der Waals surface area contributed by atoms with Crippen molar-refractivity contribution in [2.75, 3.05) is 7.05 Å². The molecule has 0 aliphatic heterocycles. The number of hydrogen-bond acceptors (Lipinski definition) is 5. The van der Waals surface area contributed by atoms with Gasteiger partial charge in [-0.1, -0.05) is 48.5 Å².